The largest absolute Gasteiger partial charge is 0.478 e. The predicted molar refractivity (Wildman–Crippen MR) is 196 cm³/mol. The molecule has 2 N–H and O–H groups in total. The Kier molecular flexibility index (Phi) is 12.0. The van der Waals surface area contributed by atoms with Crippen molar-refractivity contribution in [2.75, 3.05) is 63.8 Å². The number of rotatable bonds is 14. The first-order valence-electron chi connectivity index (χ1n) is 18.4. The Hall–Kier alpha value is -4.83. The summed E-state index contributed by atoms with van der Waals surface area (Å²) in [5, 5.41) is 2.81. The first kappa shape index (κ1) is 38.9. The van der Waals surface area contributed by atoms with Gasteiger partial charge >= 0.3 is 12.1 Å². The number of nitrogens with one attached hydrogen (secondary N) is 2. The number of amides is 1. The molecule has 0 aromatic carbocycles. The number of fused-ring (bicyclic) bond motifs is 2. The van der Waals surface area contributed by atoms with Crippen LogP contribution in [0.2, 0.25) is 0 Å². The van der Waals surface area contributed by atoms with E-state index in [0.29, 0.717) is 56.9 Å². The number of carbonyl (C=O) groups excluding carboxylic acids is 2. The summed E-state index contributed by atoms with van der Waals surface area (Å²) in [6.45, 7) is 7.03. The molecule has 13 nitrogen and oxygen atoms in total. The number of H-pyrrole nitrogens is 1. The number of methoxy groups -OCH3 is 1. The van der Waals surface area contributed by atoms with E-state index in [4.69, 9.17) is 14.2 Å². The van der Waals surface area contributed by atoms with Gasteiger partial charge in [0, 0.05) is 63.6 Å². The smallest absolute Gasteiger partial charge is 0.433 e. The molecule has 5 heterocycles. The normalized spacial score (nSPS) is 15.8. The van der Waals surface area contributed by atoms with Crippen LogP contribution in [0, 0.1) is 5.41 Å². The van der Waals surface area contributed by atoms with Gasteiger partial charge in [0.1, 0.15) is 16.9 Å². The SMILES string of the molecule is CCOC(=O)CCN1CCc2cc(C(=O)Nc3nc4nc(-c5cc(OCC)nc(C(F)(F)F)c5)cc(N(C)CC5(COC)CCCCC5)c4[nH]3)ncc2C1. The summed E-state index contributed by atoms with van der Waals surface area (Å²) in [4.78, 5) is 50.1. The van der Waals surface area contributed by atoms with Crippen molar-refractivity contribution < 1.29 is 37.0 Å². The number of anilines is 2. The second-order valence-electron chi connectivity index (χ2n) is 14.0. The van der Waals surface area contributed by atoms with Crippen LogP contribution in [0.5, 0.6) is 5.88 Å². The molecule has 6 rings (SSSR count). The van der Waals surface area contributed by atoms with Gasteiger partial charge in [0.2, 0.25) is 11.8 Å². The Labute approximate surface area is 312 Å². The Morgan fingerprint density at radius 3 is 2.56 bits per heavy atom. The van der Waals surface area contributed by atoms with Crippen LogP contribution >= 0.6 is 0 Å². The third kappa shape index (κ3) is 9.09. The molecule has 0 bridgehead atoms. The molecule has 2 aliphatic rings. The van der Waals surface area contributed by atoms with Crippen LogP contribution in [0.4, 0.5) is 24.8 Å². The zero-order chi connectivity index (χ0) is 38.5. The number of aromatic nitrogens is 5. The van der Waals surface area contributed by atoms with E-state index in [9.17, 15) is 22.8 Å². The molecular formula is C38H47F3N8O5. The van der Waals surface area contributed by atoms with Gasteiger partial charge in [0.05, 0.1) is 37.6 Å². The molecule has 16 heteroatoms. The third-order valence-electron chi connectivity index (χ3n) is 10.0. The summed E-state index contributed by atoms with van der Waals surface area (Å²) in [6, 6.07) is 5.87. The van der Waals surface area contributed by atoms with Gasteiger partial charge in [-0.1, -0.05) is 19.3 Å². The molecule has 1 aliphatic carbocycles. The summed E-state index contributed by atoms with van der Waals surface area (Å²) in [5.74, 6) is -0.767. The molecule has 4 aromatic rings. The lowest BCUT2D eigenvalue weighted by atomic mass is 9.74. The quantitative estimate of drug-likeness (QED) is 0.137. The summed E-state index contributed by atoms with van der Waals surface area (Å²) >= 11 is 0. The number of aromatic amines is 1. The number of nitrogens with zero attached hydrogens (tertiary/aromatic N) is 6. The fraction of sp³-hybridized carbons (Fsp3) is 0.526. The predicted octanol–water partition coefficient (Wildman–Crippen LogP) is 6.43. The van der Waals surface area contributed by atoms with Gasteiger partial charge in [-0.05, 0) is 62.4 Å². The molecule has 0 saturated heterocycles. The second kappa shape index (κ2) is 16.7. The number of imidazole rings is 1. The molecule has 4 aromatic heterocycles. The number of halogens is 3. The highest BCUT2D eigenvalue weighted by Crippen LogP contribution is 2.40. The molecule has 0 atom stereocenters. The minimum absolute atomic E-state index is 0.115. The van der Waals surface area contributed by atoms with Crippen molar-refractivity contribution in [1.29, 1.82) is 0 Å². The molecule has 1 amide bonds. The topological polar surface area (TPSA) is 148 Å². The van der Waals surface area contributed by atoms with E-state index in [1.165, 1.54) is 6.07 Å². The Balaban J connectivity index is 1.31. The number of pyridine rings is 3. The fourth-order valence-electron chi connectivity index (χ4n) is 7.51. The zero-order valence-electron chi connectivity index (χ0n) is 31.1. The highest BCUT2D eigenvalue weighted by Gasteiger charge is 2.36. The first-order chi connectivity index (χ1) is 25.9. The van der Waals surface area contributed by atoms with Crippen molar-refractivity contribution in [2.45, 2.75) is 71.5 Å². The van der Waals surface area contributed by atoms with Crippen LogP contribution in [-0.4, -0.2) is 95.3 Å². The number of alkyl halides is 3. The molecule has 1 aliphatic heterocycles. The van der Waals surface area contributed by atoms with Crippen LogP contribution in [0.1, 0.15) is 79.7 Å². The minimum Gasteiger partial charge on any atom is -0.478 e. The highest BCUT2D eigenvalue weighted by molar-refractivity contribution is 6.03. The van der Waals surface area contributed by atoms with Crippen LogP contribution < -0.4 is 15.0 Å². The lowest BCUT2D eigenvalue weighted by molar-refractivity contribution is -0.143. The minimum atomic E-state index is -4.71. The Morgan fingerprint density at radius 1 is 1.04 bits per heavy atom. The monoisotopic (exact) mass is 752 g/mol. The number of hydrogen-bond donors (Lipinski definition) is 2. The molecule has 1 saturated carbocycles. The maximum atomic E-state index is 14.0. The van der Waals surface area contributed by atoms with Gasteiger partial charge in [0.25, 0.3) is 5.91 Å². The van der Waals surface area contributed by atoms with Gasteiger partial charge < -0.3 is 24.1 Å². The van der Waals surface area contributed by atoms with Crippen LogP contribution in [-0.2, 0) is 33.4 Å². The van der Waals surface area contributed by atoms with Crippen molar-refractivity contribution in [3.05, 3.63) is 53.0 Å². The van der Waals surface area contributed by atoms with Gasteiger partial charge in [-0.3, -0.25) is 24.8 Å². The van der Waals surface area contributed by atoms with Crippen LogP contribution in [0.3, 0.4) is 0 Å². The van der Waals surface area contributed by atoms with Crippen molar-refractivity contribution in [3.63, 3.8) is 0 Å². The van der Waals surface area contributed by atoms with Gasteiger partial charge in [-0.25, -0.2) is 9.97 Å². The van der Waals surface area contributed by atoms with Crippen molar-refractivity contribution in [2.24, 2.45) is 5.41 Å². The van der Waals surface area contributed by atoms with Gasteiger partial charge in [-0.2, -0.15) is 18.2 Å². The maximum Gasteiger partial charge on any atom is 0.433 e. The molecule has 0 radical (unpaired) electrons. The molecule has 54 heavy (non-hydrogen) atoms. The number of esters is 1. The first-order valence-corrected chi connectivity index (χ1v) is 18.4. The summed E-state index contributed by atoms with van der Waals surface area (Å²) in [7, 11) is 3.62. The average Bonchev–Trinajstić information content (AvgIpc) is 3.55. The van der Waals surface area contributed by atoms with E-state index >= 15 is 0 Å². The summed E-state index contributed by atoms with van der Waals surface area (Å²) in [6.07, 6.45) is 3.24. The molecular weight excluding hydrogens is 705 g/mol. The molecule has 0 unspecified atom stereocenters. The standard InChI is InChI=1S/C38H47F3N8O5/c1-5-53-31-18-25(17-30(44-31)38(39,40)41)27-19-29(48(3)22-37(23-52-4)12-8-7-9-13-37)33-34(43-27)46-36(45-33)47-35(51)28-16-24-10-14-49(21-26(24)20-42-28)15-11-32(50)54-6-2/h16-20H,5-15,21-23H2,1-4H3,(H2,43,45,46,47,51). The van der Waals surface area contributed by atoms with E-state index in [1.54, 1.807) is 39.3 Å². The van der Waals surface area contributed by atoms with Crippen molar-refractivity contribution in [3.8, 4) is 17.1 Å². The second-order valence-corrected chi connectivity index (χ2v) is 14.0. The lowest BCUT2D eigenvalue weighted by Gasteiger charge is -2.40. The Morgan fingerprint density at radius 2 is 1.83 bits per heavy atom. The fourth-order valence-corrected chi connectivity index (χ4v) is 7.51. The number of carbonyl (C=O) groups is 2. The lowest BCUT2D eigenvalue weighted by Crippen LogP contribution is -2.40. The van der Waals surface area contributed by atoms with Crippen LogP contribution in [0.25, 0.3) is 22.4 Å². The van der Waals surface area contributed by atoms with Crippen LogP contribution in [0.15, 0.2) is 30.5 Å². The van der Waals surface area contributed by atoms with E-state index in [0.717, 1.165) is 55.8 Å². The van der Waals surface area contributed by atoms with Crippen molar-refractivity contribution in [1.82, 2.24) is 29.8 Å². The van der Waals surface area contributed by atoms with Crippen molar-refractivity contribution >= 4 is 34.7 Å². The van der Waals surface area contributed by atoms with E-state index in [1.807, 2.05) is 7.05 Å². The van der Waals surface area contributed by atoms with E-state index in [2.05, 4.69) is 40.0 Å². The average molecular weight is 753 g/mol. The third-order valence-corrected chi connectivity index (χ3v) is 10.0. The van der Waals surface area contributed by atoms with Gasteiger partial charge in [-0.15, -0.1) is 0 Å². The highest BCUT2D eigenvalue weighted by atomic mass is 19.4. The molecule has 290 valence electrons. The van der Waals surface area contributed by atoms with Gasteiger partial charge in [0.15, 0.2) is 5.65 Å². The molecule has 0 spiro atoms. The van der Waals surface area contributed by atoms with E-state index < -0.39 is 17.8 Å². The summed E-state index contributed by atoms with van der Waals surface area (Å²) in [5.41, 5.74) is 2.73. The Bertz CT molecular complexity index is 1960. The zero-order valence-corrected chi connectivity index (χ0v) is 31.1. The number of ether oxygens (including phenoxy) is 3. The molecule has 1 fully saturated rings. The number of hydrogen-bond acceptors (Lipinski definition) is 11. The van der Waals surface area contributed by atoms with E-state index in [-0.39, 0.29) is 52.4 Å². The maximum absolute atomic E-state index is 14.0. The summed E-state index contributed by atoms with van der Waals surface area (Å²) < 4.78 is 58.0.